The van der Waals surface area contributed by atoms with Gasteiger partial charge in [0.05, 0.1) is 17.4 Å². The SMILES string of the molecule is C=C(NCc1ccc(C)nc1)c1cccc2c1cnn2-c1ccc(F)cc1.C=O.C=O. The molecule has 2 aromatic heterocycles. The molecule has 0 aliphatic carbocycles. The number of hydrogen-bond donors (Lipinski definition) is 1. The maximum Gasteiger partial charge on any atom is 0.123 e. The molecule has 158 valence electrons. The summed E-state index contributed by atoms with van der Waals surface area (Å²) in [6.07, 6.45) is 3.68. The van der Waals surface area contributed by atoms with Crippen LogP contribution in [0.5, 0.6) is 0 Å². The first kappa shape index (κ1) is 23.2. The lowest BCUT2D eigenvalue weighted by molar-refractivity contribution is -0.0987. The van der Waals surface area contributed by atoms with Crippen LogP contribution >= 0.6 is 0 Å². The molecular formula is C24H23FN4O2. The number of aryl methyl sites for hydroxylation is 1. The van der Waals surface area contributed by atoms with E-state index in [1.54, 1.807) is 16.8 Å². The summed E-state index contributed by atoms with van der Waals surface area (Å²) in [6.45, 7) is 10.8. The van der Waals surface area contributed by atoms with E-state index in [2.05, 4.69) is 28.0 Å². The molecule has 0 atom stereocenters. The van der Waals surface area contributed by atoms with Gasteiger partial charge in [-0.25, -0.2) is 9.07 Å². The second kappa shape index (κ2) is 11.2. The smallest absolute Gasteiger partial charge is 0.123 e. The van der Waals surface area contributed by atoms with Crippen molar-refractivity contribution >= 4 is 30.2 Å². The van der Waals surface area contributed by atoms with Crippen LogP contribution in [0.1, 0.15) is 16.8 Å². The van der Waals surface area contributed by atoms with Crippen molar-refractivity contribution in [1.29, 1.82) is 0 Å². The van der Waals surface area contributed by atoms with Gasteiger partial charge in [0.1, 0.15) is 19.4 Å². The maximum atomic E-state index is 13.2. The molecule has 0 fully saturated rings. The zero-order chi connectivity index (χ0) is 22.8. The summed E-state index contributed by atoms with van der Waals surface area (Å²) < 4.78 is 15.0. The molecule has 7 heteroatoms. The van der Waals surface area contributed by atoms with E-state index in [-0.39, 0.29) is 5.82 Å². The van der Waals surface area contributed by atoms with E-state index in [9.17, 15) is 4.39 Å². The van der Waals surface area contributed by atoms with Gasteiger partial charge >= 0.3 is 0 Å². The van der Waals surface area contributed by atoms with Gasteiger partial charge in [-0.1, -0.05) is 24.8 Å². The molecule has 0 bridgehead atoms. The molecule has 0 aliphatic heterocycles. The number of carbonyl (C=O) groups excluding carboxylic acids is 2. The summed E-state index contributed by atoms with van der Waals surface area (Å²) >= 11 is 0. The fourth-order valence-corrected chi connectivity index (χ4v) is 3.01. The molecule has 0 saturated heterocycles. The van der Waals surface area contributed by atoms with E-state index < -0.39 is 0 Å². The summed E-state index contributed by atoms with van der Waals surface area (Å²) in [4.78, 5) is 20.3. The van der Waals surface area contributed by atoms with Crippen molar-refractivity contribution in [1.82, 2.24) is 20.1 Å². The van der Waals surface area contributed by atoms with Crippen LogP contribution in [0, 0.1) is 12.7 Å². The van der Waals surface area contributed by atoms with Gasteiger partial charge in [-0.2, -0.15) is 5.10 Å². The summed E-state index contributed by atoms with van der Waals surface area (Å²) in [5, 5.41) is 8.83. The van der Waals surface area contributed by atoms with Crippen LogP contribution in [-0.2, 0) is 16.1 Å². The van der Waals surface area contributed by atoms with E-state index in [1.165, 1.54) is 12.1 Å². The number of carbonyl (C=O) groups is 2. The first-order chi connectivity index (χ1) is 15.1. The standard InChI is InChI=1S/C22H19FN4.2CH2O/c1-15-6-7-17(12-24-15)13-25-16(2)20-4-3-5-22-21(20)14-26-27(22)19-10-8-18(23)9-11-19;2*1-2/h3-12,14,25H,2,13H2,1H3;2*1H2. The van der Waals surface area contributed by atoms with Gasteiger partial charge in [0, 0.05) is 35.1 Å². The molecule has 0 unspecified atom stereocenters. The first-order valence-corrected chi connectivity index (χ1v) is 9.27. The molecule has 0 radical (unpaired) electrons. The molecule has 2 heterocycles. The predicted molar refractivity (Wildman–Crippen MR) is 120 cm³/mol. The normalized spacial score (nSPS) is 9.74. The average molecular weight is 418 g/mol. The highest BCUT2D eigenvalue weighted by Gasteiger charge is 2.10. The topological polar surface area (TPSA) is 76.9 Å². The Morgan fingerprint density at radius 2 is 1.71 bits per heavy atom. The number of aromatic nitrogens is 3. The van der Waals surface area contributed by atoms with Crippen LogP contribution < -0.4 is 5.32 Å². The zero-order valence-electron chi connectivity index (χ0n) is 17.2. The molecule has 31 heavy (non-hydrogen) atoms. The van der Waals surface area contributed by atoms with E-state index in [0.29, 0.717) is 6.54 Å². The number of halogens is 1. The van der Waals surface area contributed by atoms with Crippen molar-refractivity contribution in [3.05, 3.63) is 96.2 Å². The van der Waals surface area contributed by atoms with Gasteiger partial charge in [-0.3, -0.25) is 4.98 Å². The van der Waals surface area contributed by atoms with Crippen molar-refractivity contribution in [3.63, 3.8) is 0 Å². The highest BCUT2D eigenvalue weighted by molar-refractivity contribution is 5.91. The van der Waals surface area contributed by atoms with Gasteiger partial charge in [0.2, 0.25) is 0 Å². The van der Waals surface area contributed by atoms with Crippen molar-refractivity contribution in [2.75, 3.05) is 0 Å². The van der Waals surface area contributed by atoms with E-state index in [4.69, 9.17) is 9.59 Å². The van der Waals surface area contributed by atoms with Crippen LogP contribution in [0.15, 0.2) is 73.6 Å². The molecule has 4 rings (SSSR count). The molecule has 0 amide bonds. The van der Waals surface area contributed by atoms with Crippen LogP contribution in [0.3, 0.4) is 0 Å². The Morgan fingerprint density at radius 1 is 1.00 bits per heavy atom. The first-order valence-electron chi connectivity index (χ1n) is 9.27. The van der Waals surface area contributed by atoms with Gasteiger partial charge in [0.15, 0.2) is 0 Å². The lowest BCUT2D eigenvalue weighted by Crippen LogP contribution is -2.11. The summed E-state index contributed by atoms with van der Waals surface area (Å²) in [7, 11) is 0. The largest absolute Gasteiger partial charge is 0.381 e. The number of pyridine rings is 1. The fourth-order valence-electron chi connectivity index (χ4n) is 3.01. The Bertz CT molecular complexity index is 1140. The lowest BCUT2D eigenvalue weighted by Gasteiger charge is -2.11. The number of nitrogens with zero attached hydrogens (tertiary/aromatic N) is 3. The minimum absolute atomic E-state index is 0.265. The van der Waals surface area contributed by atoms with Gasteiger partial charge in [-0.15, -0.1) is 0 Å². The zero-order valence-corrected chi connectivity index (χ0v) is 17.2. The highest BCUT2D eigenvalue weighted by Crippen LogP contribution is 2.25. The molecule has 0 aliphatic rings. The third-order valence-corrected chi connectivity index (χ3v) is 4.49. The molecule has 0 saturated carbocycles. The number of benzene rings is 2. The molecule has 1 N–H and O–H groups in total. The van der Waals surface area contributed by atoms with Crippen LogP contribution in [0.25, 0.3) is 22.3 Å². The third-order valence-electron chi connectivity index (χ3n) is 4.49. The number of fused-ring (bicyclic) bond motifs is 1. The minimum Gasteiger partial charge on any atom is -0.381 e. The summed E-state index contributed by atoms with van der Waals surface area (Å²) in [6, 6.07) is 16.3. The quantitative estimate of drug-likeness (QED) is 0.524. The summed E-state index contributed by atoms with van der Waals surface area (Å²) in [5.74, 6) is -0.265. The molecule has 0 spiro atoms. The van der Waals surface area contributed by atoms with Gasteiger partial charge < -0.3 is 14.9 Å². The monoisotopic (exact) mass is 418 g/mol. The Morgan fingerprint density at radius 3 is 2.35 bits per heavy atom. The molecule has 6 nitrogen and oxygen atoms in total. The van der Waals surface area contributed by atoms with Crippen molar-refractivity contribution in [2.24, 2.45) is 0 Å². The number of hydrogen-bond acceptors (Lipinski definition) is 5. The Kier molecular flexibility index (Phi) is 8.33. The van der Waals surface area contributed by atoms with E-state index >= 15 is 0 Å². The maximum absolute atomic E-state index is 13.2. The Labute approximate surface area is 180 Å². The van der Waals surface area contributed by atoms with Crippen LogP contribution in [0.2, 0.25) is 0 Å². The summed E-state index contributed by atoms with van der Waals surface area (Å²) in [5.41, 5.74) is 5.65. The number of rotatable bonds is 5. The second-order valence-corrected chi connectivity index (χ2v) is 6.41. The Balaban J connectivity index is 0.000000807. The van der Waals surface area contributed by atoms with E-state index in [1.807, 2.05) is 57.2 Å². The van der Waals surface area contributed by atoms with Crippen LogP contribution in [-0.4, -0.2) is 28.3 Å². The molecular weight excluding hydrogens is 395 g/mol. The third kappa shape index (κ3) is 5.48. The lowest BCUT2D eigenvalue weighted by atomic mass is 10.1. The molecule has 2 aromatic carbocycles. The fraction of sp³-hybridized carbons (Fsp3) is 0.0833. The second-order valence-electron chi connectivity index (χ2n) is 6.41. The molecule has 4 aromatic rings. The average Bonchev–Trinajstić information content (AvgIpc) is 3.26. The Hall–Kier alpha value is -4.13. The van der Waals surface area contributed by atoms with E-state index in [0.717, 1.165) is 39.1 Å². The minimum atomic E-state index is -0.265. The van der Waals surface area contributed by atoms with Gasteiger partial charge in [-0.05, 0) is 48.9 Å². The van der Waals surface area contributed by atoms with Crippen molar-refractivity contribution in [3.8, 4) is 5.69 Å². The van der Waals surface area contributed by atoms with Crippen molar-refractivity contribution < 1.29 is 14.0 Å². The van der Waals surface area contributed by atoms with Crippen LogP contribution in [0.4, 0.5) is 4.39 Å². The number of nitrogens with one attached hydrogen (secondary N) is 1. The van der Waals surface area contributed by atoms with Crippen molar-refractivity contribution in [2.45, 2.75) is 13.5 Å². The predicted octanol–water partition coefficient (Wildman–Crippen LogP) is 4.26. The highest BCUT2D eigenvalue weighted by atomic mass is 19.1. The van der Waals surface area contributed by atoms with Gasteiger partial charge in [0.25, 0.3) is 0 Å².